The fourth-order valence-corrected chi connectivity index (χ4v) is 1.76. The molecule has 0 aliphatic rings. The van der Waals surface area contributed by atoms with Gasteiger partial charge in [-0.1, -0.05) is 17.7 Å². The number of hydrazine groups is 1. The average molecular weight is 224 g/mol. The van der Waals surface area contributed by atoms with E-state index in [9.17, 15) is 4.79 Å². The lowest BCUT2D eigenvalue weighted by atomic mass is 10.2. The number of carbonyl (C=O) groups excluding carboxylic acids is 1. The molecule has 0 spiro atoms. The van der Waals surface area contributed by atoms with Crippen molar-refractivity contribution in [2.24, 2.45) is 12.9 Å². The Morgan fingerprint density at radius 1 is 1.47 bits per heavy atom. The van der Waals surface area contributed by atoms with E-state index in [1.54, 1.807) is 23.7 Å². The highest BCUT2D eigenvalue weighted by atomic mass is 35.5. The Kier molecular flexibility index (Phi) is 2.38. The lowest BCUT2D eigenvalue weighted by Gasteiger charge is -2.01. The van der Waals surface area contributed by atoms with Gasteiger partial charge in [-0.05, 0) is 18.2 Å². The first kappa shape index (κ1) is 10.0. The number of benzene rings is 1. The summed E-state index contributed by atoms with van der Waals surface area (Å²) < 4.78 is 1.75. The van der Waals surface area contributed by atoms with Crippen LogP contribution in [-0.2, 0) is 7.05 Å². The van der Waals surface area contributed by atoms with Crippen molar-refractivity contribution >= 4 is 28.4 Å². The van der Waals surface area contributed by atoms with Crippen LogP contribution in [0.1, 0.15) is 10.5 Å². The summed E-state index contributed by atoms with van der Waals surface area (Å²) in [6.45, 7) is 0. The first-order valence-electron chi connectivity index (χ1n) is 4.39. The number of nitrogens with zero attached hydrogens (tertiary/aromatic N) is 1. The summed E-state index contributed by atoms with van der Waals surface area (Å²) in [5.41, 5.74) is 3.52. The third-order valence-electron chi connectivity index (χ3n) is 2.37. The smallest absolute Gasteiger partial charge is 0.281 e. The van der Waals surface area contributed by atoms with Crippen LogP contribution in [0.4, 0.5) is 0 Å². The molecule has 1 aromatic heterocycles. The second-order valence-corrected chi connectivity index (χ2v) is 3.70. The Morgan fingerprint density at radius 3 is 2.87 bits per heavy atom. The molecule has 2 rings (SSSR count). The van der Waals surface area contributed by atoms with Crippen LogP contribution in [0.25, 0.3) is 10.9 Å². The van der Waals surface area contributed by atoms with E-state index in [1.165, 1.54) is 0 Å². The number of halogens is 1. The minimum absolute atomic E-state index is 0.315. The fourth-order valence-electron chi connectivity index (χ4n) is 1.60. The standard InChI is InChI=1S/C10H10ClN3O/c1-14-8-5-7(11)3-2-6(8)4-9(14)10(15)13-12/h2-5H,12H2,1H3,(H,13,15). The van der Waals surface area contributed by atoms with Crippen LogP contribution in [0.5, 0.6) is 0 Å². The monoisotopic (exact) mass is 223 g/mol. The van der Waals surface area contributed by atoms with Gasteiger partial charge in [0.15, 0.2) is 0 Å². The molecule has 0 bridgehead atoms. The molecule has 78 valence electrons. The minimum atomic E-state index is -0.315. The summed E-state index contributed by atoms with van der Waals surface area (Å²) in [5, 5.41) is 1.60. The fraction of sp³-hybridized carbons (Fsp3) is 0.100. The highest BCUT2D eigenvalue weighted by Crippen LogP contribution is 2.22. The molecule has 4 nitrogen and oxygen atoms in total. The number of nitrogen functional groups attached to an aromatic ring is 1. The van der Waals surface area contributed by atoms with Gasteiger partial charge in [-0.3, -0.25) is 10.2 Å². The molecule has 0 unspecified atom stereocenters. The van der Waals surface area contributed by atoms with Gasteiger partial charge >= 0.3 is 0 Å². The number of fused-ring (bicyclic) bond motifs is 1. The molecule has 1 aromatic carbocycles. The van der Waals surface area contributed by atoms with E-state index in [0.717, 1.165) is 10.9 Å². The molecule has 0 aliphatic heterocycles. The Bertz CT molecular complexity index is 533. The average Bonchev–Trinajstić information content (AvgIpc) is 2.55. The Morgan fingerprint density at radius 2 is 2.20 bits per heavy atom. The highest BCUT2D eigenvalue weighted by Gasteiger charge is 2.11. The molecule has 5 heteroatoms. The number of hydrogen-bond donors (Lipinski definition) is 2. The van der Waals surface area contributed by atoms with Crippen LogP contribution in [-0.4, -0.2) is 10.5 Å². The van der Waals surface area contributed by atoms with Gasteiger partial charge in [0.1, 0.15) is 5.69 Å². The van der Waals surface area contributed by atoms with Crippen molar-refractivity contribution < 1.29 is 4.79 Å². The SMILES string of the molecule is Cn1c(C(=O)NN)cc2ccc(Cl)cc21. The largest absolute Gasteiger partial charge is 0.340 e. The maximum absolute atomic E-state index is 11.4. The second-order valence-electron chi connectivity index (χ2n) is 3.27. The normalized spacial score (nSPS) is 10.6. The van der Waals surface area contributed by atoms with Crippen LogP contribution >= 0.6 is 11.6 Å². The molecule has 1 amide bonds. The van der Waals surface area contributed by atoms with Gasteiger partial charge in [-0.25, -0.2) is 5.84 Å². The van der Waals surface area contributed by atoms with Crippen molar-refractivity contribution in [3.63, 3.8) is 0 Å². The summed E-state index contributed by atoms with van der Waals surface area (Å²) in [5.74, 6) is 4.77. The van der Waals surface area contributed by atoms with Crippen LogP contribution in [0.3, 0.4) is 0 Å². The number of aromatic nitrogens is 1. The van der Waals surface area contributed by atoms with Crippen molar-refractivity contribution in [1.82, 2.24) is 9.99 Å². The number of hydrogen-bond acceptors (Lipinski definition) is 2. The van der Waals surface area contributed by atoms with E-state index >= 15 is 0 Å². The molecular formula is C10H10ClN3O. The number of rotatable bonds is 1. The second kappa shape index (κ2) is 3.56. The summed E-state index contributed by atoms with van der Waals surface area (Å²) in [6.07, 6.45) is 0. The van der Waals surface area contributed by atoms with Crippen molar-refractivity contribution in [1.29, 1.82) is 0 Å². The molecule has 0 atom stereocenters. The third kappa shape index (κ3) is 1.58. The molecule has 0 radical (unpaired) electrons. The molecular weight excluding hydrogens is 214 g/mol. The zero-order valence-corrected chi connectivity index (χ0v) is 8.88. The molecule has 0 fully saturated rings. The summed E-state index contributed by atoms with van der Waals surface area (Å²) in [7, 11) is 1.79. The van der Waals surface area contributed by atoms with Crippen molar-refractivity contribution in [2.75, 3.05) is 0 Å². The molecule has 2 aromatic rings. The predicted molar refractivity (Wildman–Crippen MR) is 59.6 cm³/mol. The lowest BCUT2D eigenvalue weighted by Crippen LogP contribution is -2.31. The molecule has 1 heterocycles. The highest BCUT2D eigenvalue weighted by molar-refractivity contribution is 6.31. The number of amides is 1. The van der Waals surface area contributed by atoms with Gasteiger partial charge in [0.05, 0.1) is 0 Å². The van der Waals surface area contributed by atoms with E-state index in [1.807, 2.05) is 12.1 Å². The van der Waals surface area contributed by atoms with E-state index < -0.39 is 0 Å². The molecule has 0 aliphatic carbocycles. The summed E-state index contributed by atoms with van der Waals surface area (Å²) >= 11 is 5.87. The number of aryl methyl sites for hydroxylation is 1. The maximum Gasteiger partial charge on any atom is 0.281 e. The van der Waals surface area contributed by atoms with Crippen molar-refractivity contribution in [2.45, 2.75) is 0 Å². The zero-order chi connectivity index (χ0) is 11.0. The Labute approximate surface area is 91.6 Å². The van der Waals surface area contributed by atoms with Crippen LogP contribution < -0.4 is 11.3 Å². The van der Waals surface area contributed by atoms with E-state index in [2.05, 4.69) is 5.43 Å². The van der Waals surface area contributed by atoms with E-state index in [0.29, 0.717) is 10.7 Å². The van der Waals surface area contributed by atoms with Gasteiger partial charge < -0.3 is 4.57 Å². The maximum atomic E-state index is 11.4. The van der Waals surface area contributed by atoms with Crippen LogP contribution in [0.15, 0.2) is 24.3 Å². The van der Waals surface area contributed by atoms with E-state index in [-0.39, 0.29) is 5.91 Å². The van der Waals surface area contributed by atoms with Gasteiger partial charge in [0, 0.05) is 23.0 Å². The first-order chi connectivity index (χ1) is 7.13. The Balaban J connectivity index is 2.69. The summed E-state index contributed by atoms with van der Waals surface area (Å²) in [6, 6.07) is 7.23. The molecule has 15 heavy (non-hydrogen) atoms. The van der Waals surface area contributed by atoms with Crippen molar-refractivity contribution in [3.05, 3.63) is 35.0 Å². The number of carbonyl (C=O) groups is 1. The van der Waals surface area contributed by atoms with Gasteiger partial charge in [-0.2, -0.15) is 0 Å². The summed E-state index contributed by atoms with van der Waals surface area (Å²) in [4.78, 5) is 11.4. The zero-order valence-electron chi connectivity index (χ0n) is 8.12. The van der Waals surface area contributed by atoms with Crippen LogP contribution in [0, 0.1) is 0 Å². The van der Waals surface area contributed by atoms with E-state index in [4.69, 9.17) is 17.4 Å². The molecule has 0 saturated heterocycles. The predicted octanol–water partition coefficient (Wildman–Crippen LogP) is 1.44. The Hall–Kier alpha value is -1.52. The minimum Gasteiger partial charge on any atom is -0.340 e. The molecule has 0 saturated carbocycles. The first-order valence-corrected chi connectivity index (χ1v) is 4.77. The number of nitrogens with one attached hydrogen (secondary N) is 1. The van der Waals surface area contributed by atoms with Gasteiger partial charge in [0.25, 0.3) is 5.91 Å². The molecule has 3 N–H and O–H groups in total. The lowest BCUT2D eigenvalue weighted by molar-refractivity contribution is 0.0946. The number of nitrogens with two attached hydrogens (primary N) is 1. The van der Waals surface area contributed by atoms with Crippen LogP contribution in [0.2, 0.25) is 5.02 Å². The van der Waals surface area contributed by atoms with Gasteiger partial charge in [-0.15, -0.1) is 0 Å². The quantitative estimate of drug-likeness (QED) is 0.437. The third-order valence-corrected chi connectivity index (χ3v) is 2.61. The van der Waals surface area contributed by atoms with Gasteiger partial charge in [0.2, 0.25) is 0 Å². The van der Waals surface area contributed by atoms with Crippen molar-refractivity contribution in [3.8, 4) is 0 Å². The topological polar surface area (TPSA) is 60.0 Å².